The van der Waals surface area contributed by atoms with Gasteiger partial charge in [-0.2, -0.15) is 5.26 Å². The number of anilines is 1. The first kappa shape index (κ1) is 15.3. The van der Waals surface area contributed by atoms with Crippen molar-refractivity contribution >= 4 is 27.5 Å². The molecule has 0 aliphatic carbocycles. The van der Waals surface area contributed by atoms with Crippen LogP contribution in [0.5, 0.6) is 0 Å². The van der Waals surface area contributed by atoms with Crippen LogP contribution in [0.25, 0.3) is 0 Å². The SMILES string of the molecule is Cc1cc(NC(=O)Cc2ccc(C#N)cc2)cc(C)c1Br. The smallest absolute Gasteiger partial charge is 0.228 e. The largest absolute Gasteiger partial charge is 0.326 e. The molecule has 1 N–H and O–H groups in total. The summed E-state index contributed by atoms with van der Waals surface area (Å²) in [5.74, 6) is -0.0687. The van der Waals surface area contributed by atoms with Gasteiger partial charge in [-0.3, -0.25) is 4.79 Å². The zero-order valence-electron chi connectivity index (χ0n) is 11.9. The Morgan fingerprint density at radius 3 is 2.29 bits per heavy atom. The Kier molecular flexibility index (Phi) is 4.77. The number of hydrogen-bond acceptors (Lipinski definition) is 2. The fourth-order valence-corrected chi connectivity index (χ4v) is 2.33. The average molecular weight is 343 g/mol. The van der Waals surface area contributed by atoms with Gasteiger partial charge in [-0.05, 0) is 54.8 Å². The Morgan fingerprint density at radius 1 is 1.19 bits per heavy atom. The lowest BCUT2D eigenvalue weighted by molar-refractivity contribution is -0.115. The predicted octanol–water partition coefficient (Wildman–Crippen LogP) is 4.12. The number of carbonyl (C=O) groups excluding carboxylic acids is 1. The molecule has 0 aliphatic rings. The van der Waals surface area contributed by atoms with Gasteiger partial charge in [-0.25, -0.2) is 0 Å². The summed E-state index contributed by atoms with van der Waals surface area (Å²) in [5.41, 5.74) is 4.45. The van der Waals surface area contributed by atoms with Crippen LogP contribution in [0.1, 0.15) is 22.3 Å². The number of nitrogens with zero attached hydrogens (tertiary/aromatic N) is 1. The van der Waals surface area contributed by atoms with E-state index in [0.717, 1.165) is 26.9 Å². The highest BCUT2D eigenvalue weighted by Gasteiger charge is 2.07. The second kappa shape index (κ2) is 6.55. The molecule has 0 radical (unpaired) electrons. The van der Waals surface area contributed by atoms with Crippen molar-refractivity contribution in [3.05, 3.63) is 63.1 Å². The summed E-state index contributed by atoms with van der Waals surface area (Å²) in [5, 5.41) is 11.6. The van der Waals surface area contributed by atoms with E-state index in [1.54, 1.807) is 24.3 Å². The average Bonchev–Trinajstić information content (AvgIpc) is 2.45. The number of halogens is 1. The fourth-order valence-electron chi connectivity index (χ4n) is 2.11. The van der Waals surface area contributed by atoms with Crippen molar-refractivity contribution in [2.75, 3.05) is 5.32 Å². The predicted molar refractivity (Wildman–Crippen MR) is 87.1 cm³/mol. The standard InChI is InChI=1S/C17H15BrN2O/c1-11-7-15(8-12(2)17(11)18)20-16(21)9-13-3-5-14(10-19)6-4-13/h3-8H,9H2,1-2H3,(H,20,21). The lowest BCUT2D eigenvalue weighted by atomic mass is 10.1. The third kappa shape index (κ3) is 3.93. The van der Waals surface area contributed by atoms with Crippen LogP contribution in [0.3, 0.4) is 0 Å². The molecule has 106 valence electrons. The molecule has 0 spiro atoms. The van der Waals surface area contributed by atoms with E-state index in [1.807, 2.05) is 26.0 Å². The highest BCUT2D eigenvalue weighted by Crippen LogP contribution is 2.25. The molecule has 0 aliphatic heterocycles. The number of hydrogen-bond donors (Lipinski definition) is 1. The molecule has 0 bridgehead atoms. The Hall–Kier alpha value is -2.12. The van der Waals surface area contributed by atoms with E-state index in [2.05, 4.69) is 27.3 Å². The summed E-state index contributed by atoms with van der Waals surface area (Å²) in [6.07, 6.45) is 0.292. The molecule has 2 rings (SSSR count). The molecule has 0 heterocycles. The highest BCUT2D eigenvalue weighted by molar-refractivity contribution is 9.10. The Balaban J connectivity index is 2.06. The Labute approximate surface area is 132 Å². The molecule has 0 atom stereocenters. The minimum Gasteiger partial charge on any atom is -0.326 e. The van der Waals surface area contributed by atoms with Crippen LogP contribution in [0.15, 0.2) is 40.9 Å². The number of carbonyl (C=O) groups is 1. The highest BCUT2D eigenvalue weighted by atomic mass is 79.9. The second-order valence-electron chi connectivity index (χ2n) is 4.96. The molecular weight excluding hydrogens is 328 g/mol. The van der Waals surface area contributed by atoms with E-state index in [0.29, 0.717) is 12.0 Å². The fraction of sp³-hybridized carbons (Fsp3) is 0.176. The van der Waals surface area contributed by atoms with Gasteiger partial charge in [0.2, 0.25) is 5.91 Å². The van der Waals surface area contributed by atoms with E-state index < -0.39 is 0 Å². The molecule has 1 amide bonds. The summed E-state index contributed by atoms with van der Waals surface area (Å²) in [4.78, 5) is 12.1. The molecule has 0 unspecified atom stereocenters. The van der Waals surface area contributed by atoms with Gasteiger partial charge in [0.25, 0.3) is 0 Å². The van der Waals surface area contributed by atoms with Crippen molar-refractivity contribution in [1.29, 1.82) is 5.26 Å². The van der Waals surface area contributed by atoms with Crippen molar-refractivity contribution < 1.29 is 4.79 Å². The topological polar surface area (TPSA) is 52.9 Å². The van der Waals surface area contributed by atoms with Crippen LogP contribution < -0.4 is 5.32 Å². The maximum atomic E-state index is 12.1. The molecule has 2 aromatic carbocycles. The lowest BCUT2D eigenvalue weighted by Gasteiger charge is -2.10. The summed E-state index contributed by atoms with van der Waals surface area (Å²) in [7, 11) is 0. The second-order valence-corrected chi connectivity index (χ2v) is 5.75. The number of rotatable bonds is 3. The maximum absolute atomic E-state index is 12.1. The summed E-state index contributed by atoms with van der Waals surface area (Å²) in [6, 6.07) is 13.0. The molecule has 3 nitrogen and oxygen atoms in total. The minimum atomic E-state index is -0.0687. The molecule has 2 aromatic rings. The van der Waals surface area contributed by atoms with Crippen LogP contribution in [0, 0.1) is 25.2 Å². The van der Waals surface area contributed by atoms with Crippen molar-refractivity contribution in [2.45, 2.75) is 20.3 Å². The van der Waals surface area contributed by atoms with Crippen LogP contribution >= 0.6 is 15.9 Å². The maximum Gasteiger partial charge on any atom is 0.228 e. The van der Waals surface area contributed by atoms with Gasteiger partial charge in [0.05, 0.1) is 18.1 Å². The third-order valence-corrected chi connectivity index (χ3v) is 4.42. The molecule has 0 fully saturated rings. The van der Waals surface area contributed by atoms with Crippen LogP contribution in [-0.2, 0) is 11.2 Å². The number of aryl methyl sites for hydroxylation is 2. The van der Waals surface area contributed by atoms with Crippen molar-refractivity contribution in [1.82, 2.24) is 0 Å². The minimum absolute atomic E-state index is 0.0687. The quantitative estimate of drug-likeness (QED) is 0.911. The normalized spacial score (nSPS) is 10.0. The van der Waals surface area contributed by atoms with E-state index >= 15 is 0 Å². The monoisotopic (exact) mass is 342 g/mol. The number of nitrogens with one attached hydrogen (secondary N) is 1. The first-order chi connectivity index (χ1) is 9.99. The van der Waals surface area contributed by atoms with Crippen LogP contribution in [-0.4, -0.2) is 5.91 Å². The molecule has 21 heavy (non-hydrogen) atoms. The summed E-state index contributed by atoms with van der Waals surface area (Å²) in [6.45, 7) is 3.99. The Morgan fingerprint density at radius 2 is 1.76 bits per heavy atom. The van der Waals surface area contributed by atoms with Crippen LogP contribution in [0.4, 0.5) is 5.69 Å². The van der Waals surface area contributed by atoms with Gasteiger partial charge in [0.15, 0.2) is 0 Å². The number of amides is 1. The molecular formula is C17H15BrN2O. The van der Waals surface area contributed by atoms with Gasteiger partial charge >= 0.3 is 0 Å². The molecule has 0 saturated heterocycles. The summed E-state index contributed by atoms with van der Waals surface area (Å²) < 4.78 is 1.06. The first-order valence-corrected chi connectivity index (χ1v) is 7.34. The Bertz CT molecular complexity index is 692. The third-order valence-electron chi connectivity index (χ3n) is 3.17. The van der Waals surface area contributed by atoms with Gasteiger partial charge in [-0.15, -0.1) is 0 Å². The van der Waals surface area contributed by atoms with Crippen molar-refractivity contribution in [2.24, 2.45) is 0 Å². The van der Waals surface area contributed by atoms with E-state index in [1.165, 1.54) is 0 Å². The van der Waals surface area contributed by atoms with Gasteiger partial charge in [0.1, 0.15) is 0 Å². The molecule has 0 aromatic heterocycles. The zero-order valence-corrected chi connectivity index (χ0v) is 13.5. The zero-order chi connectivity index (χ0) is 15.4. The van der Waals surface area contributed by atoms with E-state index in [-0.39, 0.29) is 5.91 Å². The number of nitriles is 1. The molecule has 0 saturated carbocycles. The van der Waals surface area contributed by atoms with E-state index in [9.17, 15) is 4.79 Å². The van der Waals surface area contributed by atoms with Crippen molar-refractivity contribution in [3.8, 4) is 6.07 Å². The summed E-state index contributed by atoms with van der Waals surface area (Å²) >= 11 is 3.51. The van der Waals surface area contributed by atoms with Gasteiger partial charge in [-0.1, -0.05) is 28.1 Å². The lowest BCUT2D eigenvalue weighted by Crippen LogP contribution is -2.14. The van der Waals surface area contributed by atoms with Gasteiger partial charge < -0.3 is 5.32 Å². The first-order valence-electron chi connectivity index (χ1n) is 6.55. The van der Waals surface area contributed by atoms with Crippen molar-refractivity contribution in [3.63, 3.8) is 0 Å². The van der Waals surface area contributed by atoms with Crippen LogP contribution in [0.2, 0.25) is 0 Å². The van der Waals surface area contributed by atoms with E-state index in [4.69, 9.17) is 5.26 Å². The van der Waals surface area contributed by atoms with Gasteiger partial charge in [0, 0.05) is 10.2 Å². The number of benzene rings is 2. The molecule has 4 heteroatoms.